The Morgan fingerprint density at radius 2 is 2.00 bits per heavy atom. The summed E-state index contributed by atoms with van der Waals surface area (Å²) in [7, 11) is 1.83. The summed E-state index contributed by atoms with van der Waals surface area (Å²) in [5, 5.41) is 0. The maximum Gasteiger partial charge on any atom is 0.255 e. The van der Waals surface area contributed by atoms with E-state index in [9.17, 15) is 4.79 Å². The Labute approximate surface area is 155 Å². The number of nitrogens with zero attached hydrogens (tertiary/aromatic N) is 3. The summed E-state index contributed by atoms with van der Waals surface area (Å²) in [5.41, 5.74) is 1.79. The Morgan fingerprint density at radius 1 is 1.27 bits per heavy atom. The number of carbonyl (C=O) groups is 1. The lowest BCUT2D eigenvalue weighted by molar-refractivity contribution is -0.207. The number of amides is 1. The van der Waals surface area contributed by atoms with E-state index < -0.39 is 0 Å². The van der Waals surface area contributed by atoms with E-state index in [-0.39, 0.29) is 11.4 Å². The number of piperidine rings is 1. The number of hydrogen-bond acceptors (Lipinski definition) is 5. The first-order valence-corrected chi connectivity index (χ1v) is 9.73. The van der Waals surface area contributed by atoms with Gasteiger partial charge in [-0.1, -0.05) is 0 Å². The molecule has 1 amide bonds. The molecule has 0 aliphatic carbocycles. The minimum absolute atomic E-state index is 0.107. The molecule has 1 aromatic heterocycles. The minimum atomic E-state index is 0.107. The van der Waals surface area contributed by atoms with E-state index in [2.05, 4.69) is 9.88 Å². The fourth-order valence-electron chi connectivity index (χ4n) is 4.90. The Kier molecular flexibility index (Phi) is 4.99. The van der Waals surface area contributed by atoms with Crippen LogP contribution in [0.4, 0.5) is 0 Å². The van der Waals surface area contributed by atoms with E-state index in [0.29, 0.717) is 17.7 Å². The average molecular weight is 359 g/mol. The molecule has 4 rings (SSSR count). The molecule has 0 bridgehead atoms. The van der Waals surface area contributed by atoms with E-state index in [1.165, 1.54) is 0 Å². The van der Waals surface area contributed by atoms with Crippen LogP contribution in [-0.4, -0.2) is 78.3 Å². The molecule has 3 fully saturated rings. The van der Waals surface area contributed by atoms with Gasteiger partial charge in [0.05, 0.1) is 17.2 Å². The molecule has 3 aliphatic rings. The SMILES string of the molecule is COC1CN(C2CCN(C(=O)c3ccc(C)nc3)CC2)C12CCOCC2. The molecule has 3 saturated heterocycles. The molecule has 1 spiro atoms. The topological polar surface area (TPSA) is 54.9 Å². The van der Waals surface area contributed by atoms with Crippen LogP contribution in [0.5, 0.6) is 0 Å². The van der Waals surface area contributed by atoms with Crippen LogP contribution in [-0.2, 0) is 9.47 Å². The van der Waals surface area contributed by atoms with E-state index >= 15 is 0 Å². The van der Waals surface area contributed by atoms with Gasteiger partial charge in [-0.25, -0.2) is 0 Å². The molecule has 1 atom stereocenters. The fourth-order valence-corrected chi connectivity index (χ4v) is 4.90. The summed E-state index contributed by atoms with van der Waals surface area (Å²) in [5.74, 6) is 0.107. The molecule has 1 unspecified atom stereocenters. The number of aromatic nitrogens is 1. The number of carbonyl (C=O) groups excluding carboxylic acids is 1. The third kappa shape index (κ3) is 3.04. The average Bonchev–Trinajstić information content (AvgIpc) is 2.69. The number of ether oxygens (including phenoxy) is 2. The van der Waals surface area contributed by atoms with Crippen molar-refractivity contribution in [3.05, 3.63) is 29.6 Å². The molecule has 3 aliphatic heterocycles. The maximum atomic E-state index is 12.7. The fraction of sp³-hybridized carbons (Fsp3) is 0.700. The van der Waals surface area contributed by atoms with Crippen molar-refractivity contribution in [2.75, 3.05) is 40.0 Å². The van der Waals surface area contributed by atoms with Crippen LogP contribution in [0.15, 0.2) is 18.3 Å². The Morgan fingerprint density at radius 3 is 2.62 bits per heavy atom. The van der Waals surface area contributed by atoms with Crippen LogP contribution in [0, 0.1) is 6.92 Å². The van der Waals surface area contributed by atoms with Gasteiger partial charge in [-0.05, 0) is 44.7 Å². The highest BCUT2D eigenvalue weighted by Gasteiger charge is 2.56. The lowest BCUT2D eigenvalue weighted by Gasteiger charge is -2.63. The number of aryl methyl sites for hydroxylation is 1. The monoisotopic (exact) mass is 359 g/mol. The Balaban J connectivity index is 1.37. The second kappa shape index (κ2) is 7.25. The predicted molar refractivity (Wildman–Crippen MR) is 98.2 cm³/mol. The standard InChI is InChI=1S/C20H29N3O3/c1-15-3-4-16(13-21-15)19(24)22-9-5-17(6-10-22)23-14-18(25-2)20(23)7-11-26-12-8-20/h3-4,13,17-18H,5-12,14H2,1-2H3. The molecule has 6 nitrogen and oxygen atoms in total. The summed E-state index contributed by atoms with van der Waals surface area (Å²) in [4.78, 5) is 21.6. The van der Waals surface area contributed by atoms with Gasteiger partial charge in [0.25, 0.3) is 5.91 Å². The third-order valence-electron chi connectivity index (χ3n) is 6.53. The summed E-state index contributed by atoms with van der Waals surface area (Å²) < 4.78 is 11.4. The van der Waals surface area contributed by atoms with Crippen molar-refractivity contribution in [3.63, 3.8) is 0 Å². The highest BCUT2D eigenvalue weighted by Crippen LogP contribution is 2.44. The number of rotatable bonds is 3. The lowest BCUT2D eigenvalue weighted by Crippen LogP contribution is -2.75. The molecular formula is C20H29N3O3. The Bertz CT molecular complexity index is 634. The molecule has 0 aromatic carbocycles. The predicted octanol–water partition coefficient (Wildman–Crippen LogP) is 1.87. The van der Waals surface area contributed by atoms with Gasteiger partial charge in [-0.2, -0.15) is 0 Å². The zero-order valence-corrected chi connectivity index (χ0v) is 15.8. The van der Waals surface area contributed by atoms with E-state index in [1.54, 1.807) is 6.20 Å². The molecule has 0 saturated carbocycles. The number of likely N-dealkylation sites (tertiary alicyclic amines) is 2. The van der Waals surface area contributed by atoms with Gasteiger partial charge in [-0.15, -0.1) is 0 Å². The van der Waals surface area contributed by atoms with Gasteiger partial charge >= 0.3 is 0 Å². The van der Waals surface area contributed by atoms with Crippen molar-refractivity contribution in [1.82, 2.24) is 14.8 Å². The number of pyridine rings is 1. The van der Waals surface area contributed by atoms with Crippen molar-refractivity contribution in [3.8, 4) is 0 Å². The number of methoxy groups -OCH3 is 1. The zero-order valence-electron chi connectivity index (χ0n) is 15.8. The van der Waals surface area contributed by atoms with Gasteiger partial charge in [-0.3, -0.25) is 14.7 Å². The third-order valence-corrected chi connectivity index (χ3v) is 6.53. The summed E-state index contributed by atoms with van der Waals surface area (Å²) >= 11 is 0. The number of hydrogen-bond donors (Lipinski definition) is 0. The zero-order chi connectivity index (χ0) is 18.1. The molecular weight excluding hydrogens is 330 g/mol. The van der Waals surface area contributed by atoms with Crippen LogP contribution < -0.4 is 0 Å². The smallest absolute Gasteiger partial charge is 0.255 e. The summed E-state index contributed by atoms with van der Waals surface area (Å²) in [6, 6.07) is 4.33. The molecule has 0 N–H and O–H groups in total. The van der Waals surface area contributed by atoms with Gasteiger partial charge in [0.15, 0.2) is 0 Å². The summed E-state index contributed by atoms with van der Waals surface area (Å²) in [6.45, 7) is 6.24. The second-order valence-electron chi connectivity index (χ2n) is 7.80. The van der Waals surface area contributed by atoms with Gasteiger partial charge in [0, 0.05) is 57.9 Å². The van der Waals surface area contributed by atoms with Crippen LogP contribution in [0.1, 0.15) is 41.7 Å². The van der Waals surface area contributed by atoms with Crippen LogP contribution in [0.3, 0.4) is 0 Å². The van der Waals surface area contributed by atoms with Gasteiger partial charge < -0.3 is 14.4 Å². The van der Waals surface area contributed by atoms with Crippen molar-refractivity contribution in [1.29, 1.82) is 0 Å². The van der Waals surface area contributed by atoms with E-state index in [0.717, 1.165) is 64.2 Å². The minimum Gasteiger partial charge on any atom is -0.381 e. The first-order valence-electron chi connectivity index (χ1n) is 9.73. The molecule has 1 aromatic rings. The molecule has 26 heavy (non-hydrogen) atoms. The lowest BCUT2D eigenvalue weighted by atomic mass is 9.73. The van der Waals surface area contributed by atoms with Crippen molar-refractivity contribution in [2.45, 2.75) is 50.3 Å². The highest BCUT2D eigenvalue weighted by molar-refractivity contribution is 5.94. The van der Waals surface area contributed by atoms with Crippen LogP contribution >= 0.6 is 0 Å². The van der Waals surface area contributed by atoms with Crippen molar-refractivity contribution in [2.24, 2.45) is 0 Å². The Hall–Kier alpha value is -1.50. The maximum absolute atomic E-state index is 12.7. The van der Waals surface area contributed by atoms with Crippen molar-refractivity contribution >= 4 is 5.91 Å². The van der Waals surface area contributed by atoms with Gasteiger partial charge in [0.1, 0.15) is 0 Å². The summed E-state index contributed by atoms with van der Waals surface area (Å²) in [6.07, 6.45) is 6.19. The normalized spacial score (nSPS) is 26.7. The van der Waals surface area contributed by atoms with Crippen LogP contribution in [0.25, 0.3) is 0 Å². The molecule has 0 radical (unpaired) electrons. The van der Waals surface area contributed by atoms with Crippen LogP contribution in [0.2, 0.25) is 0 Å². The molecule has 4 heterocycles. The first-order chi connectivity index (χ1) is 12.6. The van der Waals surface area contributed by atoms with Crippen molar-refractivity contribution < 1.29 is 14.3 Å². The quantitative estimate of drug-likeness (QED) is 0.825. The van der Waals surface area contributed by atoms with Gasteiger partial charge in [0.2, 0.25) is 0 Å². The highest BCUT2D eigenvalue weighted by atomic mass is 16.5. The molecule has 142 valence electrons. The molecule has 6 heteroatoms. The largest absolute Gasteiger partial charge is 0.381 e. The van der Waals surface area contributed by atoms with E-state index in [1.807, 2.05) is 31.1 Å². The van der Waals surface area contributed by atoms with E-state index in [4.69, 9.17) is 9.47 Å². The first kappa shape index (κ1) is 17.9. The second-order valence-corrected chi connectivity index (χ2v) is 7.80.